The Balaban J connectivity index is 1.89. The van der Waals surface area contributed by atoms with Crippen molar-refractivity contribution in [3.63, 3.8) is 0 Å². The van der Waals surface area contributed by atoms with Gasteiger partial charge in [0.2, 0.25) is 0 Å². The molecule has 1 aromatic heterocycles. The molecule has 0 saturated heterocycles. The summed E-state index contributed by atoms with van der Waals surface area (Å²) in [6.45, 7) is 5.27. The molecule has 1 aromatic rings. The van der Waals surface area contributed by atoms with Crippen LogP contribution in [0.4, 0.5) is 0 Å². The van der Waals surface area contributed by atoms with E-state index in [4.69, 9.17) is 4.74 Å². The molecule has 1 N–H and O–H groups in total. The van der Waals surface area contributed by atoms with Crippen LogP contribution in [0.3, 0.4) is 0 Å². The average Bonchev–Trinajstić information content (AvgIpc) is 3.11. The van der Waals surface area contributed by atoms with Crippen molar-refractivity contribution in [3.05, 3.63) is 20.8 Å². The number of rotatable bonds is 8. The quantitative estimate of drug-likeness (QED) is 0.733. The summed E-state index contributed by atoms with van der Waals surface area (Å²) in [4.78, 5) is 1.49. The van der Waals surface area contributed by atoms with E-state index in [1.165, 1.54) is 27.9 Å². The van der Waals surface area contributed by atoms with E-state index in [0.29, 0.717) is 5.41 Å². The molecule has 0 aliphatic heterocycles. The van der Waals surface area contributed by atoms with Gasteiger partial charge in [-0.3, -0.25) is 0 Å². The highest BCUT2D eigenvalue weighted by Gasteiger charge is 2.41. The second-order valence-corrected chi connectivity index (χ2v) is 8.03. The Bertz CT molecular complexity index is 378. The lowest BCUT2D eigenvalue weighted by Crippen LogP contribution is -2.36. The minimum atomic E-state index is 0.401. The molecule has 1 saturated carbocycles. The topological polar surface area (TPSA) is 21.3 Å². The zero-order chi connectivity index (χ0) is 13.0. The van der Waals surface area contributed by atoms with E-state index < -0.39 is 0 Å². The summed E-state index contributed by atoms with van der Waals surface area (Å²) < 4.78 is 6.33. The zero-order valence-electron chi connectivity index (χ0n) is 11.2. The van der Waals surface area contributed by atoms with Crippen LogP contribution >= 0.6 is 27.3 Å². The highest BCUT2D eigenvalue weighted by Crippen LogP contribution is 2.47. The first-order valence-corrected chi connectivity index (χ1v) is 8.19. The van der Waals surface area contributed by atoms with Crippen LogP contribution in [0.5, 0.6) is 0 Å². The molecule has 0 spiro atoms. The highest BCUT2D eigenvalue weighted by atomic mass is 79.9. The van der Waals surface area contributed by atoms with Crippen LogP contribution in [-0.2, 0) is 11.2 Å². The first-order chi connectivity index (χ1) is 8.64. The van der Waals surface area contributed by atoms with Crippen molar-refractivity contribution in [3.8, 4) is 0 Å². The third-order valence-electron chi connectivity index (χ3n) is 3.78. The van der Waals surface area contributed by atoms with Crippen molar-refractivity contribution in [1.82, 2.24) is 5.32 Å². The zero-order valence-corrected chi connectivity index (χ0v) is 13.6. The van der Waals surface area contributed by atoms with Crippen LogP contribution in [0.15, 0.2) is 15.9 Å². The smallest absolute Gasteiger partial charge is 0.0701 e. The molecule has 18 heavy (non-hydrogen) atoms. The first-order valence-electron chi connectivity index (χ1n) is 6.58. The summed E-state index contributed by atoms with van der Waals surface area (Å²) in [7, 11) is 1.75. The molecule has 0 amide bonds. The second kappa shape index (κ2) is 6.51. The lowest BCUT2D eigenvalue weighted by molar-refractivity contribution is 0.187. The maximum atomic E-state index is 5.09. The predicted octanol–water partition coefficient (Wildman–Crippen LogP) is 3.71. The minimum Gasteiger partial charge on any atom is -0.383 e. The van der Waals surface area contributed by atoms with Crippen LogP contribution in [0.2, 0.25) is 0 Å². The molecule has 0 bridgehead atoms. The van der Waals surface area contributed by atoms with Gasteiger partial charge in [-0.25, -0.2) is 0 Å². The van der Waals surface area contributed by atoms with Gasteiger partial charge in [0.05, 0.1) is 10.4 Å². The standard InChI is InChI=1S/C14H22BrNOS/c1-14(11-3-4-11,10-16-7-8-17-2)9-12-5-6-13(15)18-12/h5-6,11,16H,3-4,7-10H2,1-2H3. The van der Waals surface area contributed by atoms with E-state index >= 15 is 0 Å². The molecule has 1 fully saturated rings. The normalized spacial score (nSPS) is 18.8. The number of halogens is 1. The Labute approximate surface area is 122 Å². The molecule has 1 aliphatic rings. The third-order valence-corrected chi connectivity index (χ3v) is 5.41. The fourth-order valence-electron chi connectivity index (χ4n) is 2.52. The number of ether oxygens (including phenoxy) is 1. The molecular formula is C14H22BrNOS. The van der Waals surface area contributed by atoms with Gasteiger partial charge in [-0.05, 0) is 58.7 Å². The maximum Gasteiger partial charge on any atom is 0.0701 e. The summed E-state index contributed by atoms with van der Waals surface area (Å²) >= 11 is 5.42. The summed E-state index contributed by atoms with van der Waals surface area (Å²) in [5, 5.41) is 3.54. The number of methoxy groups -OCH3 is 1. The Morgan fingerprint density at radius 2 is 2.28 bits per heavy atom. The Kier molecular flexibility index (Phi) is 5.24. The van der Waals surface area contributed by atoms with E-state index in [-0.39, 0.29) is 0 Å². The fourth-order valence-corrected chi connectivity index (χ4v) is 4.20. The van der Waals surface area contributed by atoms with Crippen LogP contribution in [-0.4, -0.2) is 26.8 Å². The van der Waals surface area contributed by atoms with Gasteiger partial charge < -0.3 is 10.1 Å². The average molecular weight is 332 g/mol. The van der Waals surface area contributed by atoms with E-state index in [1.54, 1.807) is 7.11 Å². The van der Waals surface area contributed by atoms with Gasteiger partial charge in [0.15, 0.2) is 0 Å². The molecule has 1 aliphatic carbocycles. The summed E-state index contributed by atoms with van der Waals surface area (Å²) in [6, 6.07) is 4.41. The van der Waals surface area contributed by atoms with Crippen LogP contribution in [0, 0.1) is 11.3 Å². The molecule has 1 heterocycles. The second-order valence-electron chi connectivity index (χ2n) is 5.48. The summed E-state index contributed by atoms with van der Waals surface area (Å²) in [5.41, 5.74) is 0.401. The Hall–Kier alpha value is 0.1000. The van der Waals surface area contributed by atoms with E-state index in [2.05, 4.69) is 40.3 Å². The van der Waals surface area contributed by atoms with E-state index in [1.807, 2.05) is 11.3 Å². The van der Waals surface area contributed by atoms with Crippen molar-refractivity contribution in [2.24, 2.45) is 11.3 Å². The van der Waals surface area contributed by atoms with Crippen LogP contribution < -0.4 is 5.32 Å². The molecule has 2 rings (SSSR count). The van der Waals surface area contributed by atoms with Crippen molar-refractivity contribution in [2.45, 2.75) is 26.2 Å². The van der Waals surface area contributed by atoms with Gasteiger partial charge in [0.25, 0.3) is 0 Å². The Morgan fingerprint density at radius 1 is 1.50 bits per heavy atom. The van der Waals surface area contributed by atoms with E-state index in [9.17, 15) is 0 Å². The Morgan fingerprint density at radius 3 is 2.83 bits per heavy atom. The molecule has 0 radical (unpaired) electrons. The van der Waals surface area contributed by atoms with Gasteiger partial charge in [0.1, 0.15) is 0 Å². The first kappa shape index (κ1) is 14.5. The molecule has 2 nitrogen and oxygen atoms in total. The van der Waals surface area contributed by atoms with Gasteiger partial charge in [0, 0.05) is 25.1 Å². The van der Waals surface area contributed by atoms with Crippen molar-refractivity contribution < 1.29 is 4.74 Å². The third kappa shape index (κ3) is 4.05. The fraction of sp³-hybridized carbons (Fsp3) is 0.714. The molecule has 4 heteroatoms. The predicted molar refractivity (Wildman–Crippen MR) is 81.3 cm³/mol. The molecule has 1 unspecified atom stereocenters. The van der Waals surface area contributed by atoms with E-state index in [0.717, 1.165) is 25.6 Å². The monoisotopic (exact) mass is 331 g/mol. The SMILES string of the molecule is COCCNCC(C)(Cc1ccc(Br)s1)C1CC1. The maximum absolute atomic E-state index is 5.09. The summed E-state index contributed by atoms with van der Waals surface area (Å²) in [6.07, 6.45) is 3.98. The number of hydrogen-bond donors (Lipinski definition) is 1. The molecule has 102 valence electrons. The number of thiophene rings is 1. The minimum absolute atomic E-state index is 0.401. The number of hydrogen-bond acceptors (Lipinski definition) is 3. The van der Waals surface area contributed by atoms with Gasteiger partial charge in [-0.1, -0.05) is 6.92 Å². The molecule has 1 atom stereocenters. The van der Waals surface area contributed by atoms with Gasteiger partial charge in [-0.15, -0.1) is 11.3 Å². The molecule has 0 aromatic carbocycles. The largest absolute Gasteiger partial charge is 0.383 e. The summed E-state index contributed by atoms with van der Waals surface area (Å²) in [5.74, 6) is 0.897. The van der Waals surface area contributed by atoms with Crippen LogP contribution in [0.1, 0.15) is 24.6 Å². The number of nitrogens with one attached hydrogen (secondary N) is 1. The lowest BCUT2D eigenvalue weighted by Gasteiger charge is -2.30. The lowest BCUT2D eigenvalue weighted by atomic mass is 9.81. The highest BCUT2D eigenvalue weighted by molar-refractivity contribution is 9.11. The van der Waals surface area contributed by atoms with Gasteiger partial charge in [-0.2, -0.15) is 0 Å². The van der Waals surface area contributed by atoms with Crippen molar-refractivity contribution >= 4 is 27.3 Å². The van der Waals surface area contributed by atoms with Gasteiger partial charge >= 0.3 is 0 Å². The molecular weight excluding hydrogens is 310 g/mol. The van der Waals surface area contributed by atoms with Crippen LogP contribution in [0.25, 0.3) is 0 Å². The van der Waals surface area contributed by atoms with Crippen molar-refractivity contribution in [2.75, 3.05) is 26.8 Å². The van der Waals surface area contributed by atoms with Crippen molar-refractivity contribution in [1.29, 1.82) is 0 Å².